The van der Waals surface area contributed by atoms with E-state index in [1.54, 1.807) is 0 Å². The quantitative estimate of drug-likeness (QED) is 0.452. The molecule has 1 radical (unpaired) electrons. The topological polar surface area (TPSA) is 58.9 Å². The second kappa shape index (κ2) is 7.42. The molecule has 1 saturated heterocycles. The van der Waals surface area contributed by atoms with E-state index in [1.807, 2.05) is 0 Å². The SMILES string of the molecule is CC1(C2CC=C3C4CC=C5CC(O)CCC5(C)C4CC(O)C32C)OCCO1.[Ac]. The maximum atomic E-state index is 11.5. The summed E-state index contributed by atoms with van der Waals surface area (Å²) >= 11 is 0. The Hall–Kier alpha value is 0.762. The molecule has 4 nitrogen and oxygen atoms in total. The van der Waals surface area contributed by atoms with Crippen LogP contribution < -0.4 is 0 Å². The molecule has 1 heterocycles. The van der Waals surface area contributed by atoms with Crippen molar-refractivity contribution >= 4 is 0 Å². The molecule has 4 aliphatic carbocycles. The zero-order valence-electron chi connectivity index (χ0n) is 17.5. The monoisotopic (exact) mass is 601 g/mol. The standard InChI is InChI=1S/C23H34O4.Ac/c1-21-9-8-15(24)12-14(21)4-5-16-17-6-7-19(23(3)26-10-11-27-23)22(17,2)20(25)13-18(16)21;/h4,6,15-16,18-20,24-25H,5,7-13H2,1-3H3;. The Labute approximate surface area is 204 Å². The van der Waals surface area contributed by atoms with Crippen LogP contribution in [0.4, 0.5) is 0 Å². The van der Waals surface area contributed by atoms with E-state index in [2.05, 4.69) is 32.9 Å². The average molecular weight is 602 g/mol. The van der Waals surface area contributed by atoms with Crippen LogP contribution in [0.2, 0.25) is 0 Å². The molecule has 5 rings (SSSR count). The van der Waals surface area contributed by atoms with Crippen LogP contribution in [-0.2, 0) is 9.47 Å². The summed E-state index contributed by atoms with van der Waals surface area (Å²) in [5, 5.41) is 21.6. The normalized spacial score (nSPS) is 49.2. The van der Waals surface area contributed by atoms with Crippen molar-refractivity contribution in [1.29, 1.82) is 0 Å². The number of hydrogen-bond donors (Lipinski definition) is 2. The van der Waals surface area contributed by atoms with Gasteiger partial charge in [-0.25, -0.2) is 0 Å². The second-order valence-electron chi connectivity index (χ2n) is 10.2. The third-order valence-corrected chi connectivity index (χ3v) is 9.09. The van der Waals surface area contributed by atoms with Crippen LogP contribution in [0.1, 0.15) is 59.3 Å². The Morgan fingerprint density at radius 3 is 2.46 bits per heavy atom. The van der Waals surface area contributed by atoms with Gasteiger partial charge in [0, 0.05) is 55.4 Å². The van der Waals surface area contributed by atoms with Gasteiger partial charge in [-0.2, -0.15) is 0 Å². The van der Waals surface area contributed by atoms with Gasteiger partial charge in [-0.15, -0.1) is 0 Å². The number of hydrogen-bond acceptors (Lipinski definition) is 4. The molecule has 5 heteroatoms. The Kier molecular flexibility index (Phi) is 5.82. The second-order valence-corrected chi connectivity index (χ2v) is 10.2. The largest absolute Gasteiger partial charge is 0.393 e. The van der Waals surface area contributed by atoms with E-state index in [4.69, 9.17) is 9.47 Å². The van der Waals surface area contributed by atoms with E-state index in [0.717, 1.165) is 38.5 Å². The van der Waals surface area contributed by atoms with E-state index in [-0.39, 0.29) is 73.0 Å². The van der Waals surface area contributed by atoms with Crippen molar-refractivity contribution in [2.24, 2.45) is 28.6 Å². The van der Waals surface area contributed by atoms with Crippen LogP contribution in [-0.4, -0.2) is 41.4 Å². The third-order valence-electron chi connectivity index (χ3n) is 9.09. The van der Waals surface area contributed by atoms with Gasteiger partial charge in [0.2, 0.25) is 0 Å². The van der Waals surface area contributed by atoms with Gasteiger partial charge in [0.05, 0.1) is 25.4 Å². The molecule has 0 aromatic rings. The third kappa shape index (κ3) is 2.94. The van der Waals surface area contributed by atoms with Gasteiger partial charge in [-0.3, -0.25) is 0 Å². The summed E-state index contributed by atoms with van der Waals surface area (Å²) in [5.74, 6) is 0.550. The molecule has 28 heavy (non-hydrogen) atoms. The molecule has 5 aliphatic rings. The van der Waals surface area contributed by atoms with Crippen LogP contribution in [0.5, 0.6) is 0 Å². The van der Waals surface area contributed by atoms with Crippen molar-refractivity contribution in [3.8, 4) is 0 Å². The summed E-state index contributed by atoms with van der Waals surface area (Å²) in [6, 6.07) is 0. The van der Waals surface area contributed by atoms with E-state index in [0.29, 0.717) is 25.0 Å². The summed E-state index contributed by atoms with van der Waals surface area (Å²) in [4.78, 5) is 0. The maximum Gasteiger partial charge on any atom is 0.169 e. The Morgan fingerprint density at radius 1 is 1.04 bits per heavy atom. The smallest absolute Gasteiger partial charge is 0.169 e. The van der Waals surface area contributed by atoms with E-state index < -0.39 is 5.79 Å². The van der Waals surface area contributed by atoms with Gasteiger partial charge in [0.1, 0.15) is 0 Å². The molecule has 1 aliphatic heterocycles. The van der Waals surface area contributed by atoms with Crippen molar-refractivity contribution in [1.82, 2.24) is 0 Å². The summed E-state index contributed by atoms with van der Waals surface area (Å²) in [7, 11) is 0. The first-order chi connectivity index (χ1) is 12.8. The van der Waals surface area contributed by atoms with Crippen LogP contribution in [0.15, 0.2) is 23.3 Å². The molecule has 3 fully saturated rings. The van der Waals surface area contributed by atoms with Gasteiger partial charge < -0.3 is 19.7 Å². The average Bonchev–Trinajstić information content (AvgIpc) is 3.22. The van der Waals surface area contributed by atoms with Crippen LogP contribution >= 0.6 is 0 Å². The molecular formula is C23H34AcO4. The molecule has 0 bridgehead atoms. The molecule has 0 amide bonds. The number of aliphatic hydroxyl groups is 2. The minimum Gasteiger partial charge on any atom is -0.393 e. The molecule has 2 N–H and O–H groups in total. The number of ether oxygens (including phenoxy) is 2. The van der Waals surface area contributed by atoms with Crippen molar-refractivity contribution in [3.05, 3.63) is 23.3 Å². The van der Waals surface area contributed by atoms with Crippen LogP contribution in [0.3, 0.4) is 0 Å². The maximum absolute atomic E-state index is 11.5. The first-order valence-electron chi connectivity index (χ1n) is 10.8. The van der Waals surface area contributed by atoms with E-state index >= 15 is 0 Å². The van der Waals surface area contributed by atoms with Gasteiger partial charge in [-0.1, -0.05) is 37.1 Å². The number of rotatable bonds is 1. The van der Waals surface area contributed by atoms with E-state index in [9.17, 15) is 10.2 Å². The van der Waals surface area contributed by atoms with Crippen molar-refractivity contribution in [3.63, 3.8) is 0 Å². The number of fused-ring (bicyclic) bond motifs is 5. The summed E-state index contributed by atoms with van der Waals surface area (Å²) < 4.78 is 12.1. The van der Waals surface area contributed by atoms with Gasteiger partial charge in [0.15, 0.2) is 5.79 Å². The molecule has 0 aromatic carbocycles. The minimum absolute atomic E-state index is 0. The molecule has 7 atom stereocenters. The first kappa shape index (κ1) is 22.0. The summed E-state index contributed by atoms with van der Waals surface area (Å²) in [5.41, 5.74) is 2.73. The van der Waals surface area contributed by atoms with Crippen molar-refractivity contribution in [2.75, 3.05) is 13.2 Å². The Morgan fingerprint density at radius 2 is 1.75 bits per heavy atom. The van der Waals surface area contributed by atoms with Gasteiger partial charge >= 0.3 is 0 Å². The number of allylic oxidation sites excluding steroid dienone is 2. The Balaban J connectivity index is 0.00000192. The summed E-state index contributed by atoms with van der Waals surface area (Å²) in [6.45, 7) is 7.99. The van der Waals surface area contributed by atoms with Crippen molar-refractivity contribution < 1.29 is 63.7 Å². The zero-order chi connectivity index (χ0) is 19.0. The molecule has 0 spiro atoms. The fraction of sp³-hybridized carbons (Fsp3) is 0.826. The fourth-order valence-corrected chi connectivity index (χ4v) is 7.46. The first-order valence-corrected chi connectivity index (χ1v) is 10.8. The van der Waals surface area contributed by atoms with Crippen LogP contribution in [0.25, 0.3) is 0 Å². The molecular weight excluding hydrogens is 567 g/mol. The Bertz CT molecular complexity index is 697. The minimum atomic E-state index is -0.588. The molecule has 153 valence electrons. The van der Waals surface area contributed by atoms with Crippen molar-refractivity contribution in [2.45, 2.75) is 77.3 Å². The summed E-state index contributed by atoms with van der Waals surface area (Å²) in [6.07, 6.45) is 9.80. The molecule has 2 saturated carbocycles. The van der Waals surface area contributed by atoms with E-state index in [1.165, 1.54) is 11.1 Å². The number of aliphatic hydroxyl groups excluding tert-OH is 2. The molecule has 0 aromatic heterocycles. The fourth-order valence-electron chi connectivity index (χ4n) is 7.46. The predicted molar refractivity (Wildman–Crippen MR) is 103 cm³/mol. The predicted octanol–water partition coefficient (Wildman–Crippen LogP) is 3.58. The van der Waals surface area contributed by atoms with Gasteiger partial charge in [-0.05, 0) is 62.7 Å². The van der Waals surface area contributed by atoms with Gasteiger partial charge in [0.25, 0.3) is 0 Å². The molecule has 7 unspecified atom stereocenters. The zero-order valence-corrected chi connectivity index (χ0v) is 22.2. The van der Waals surface area contributed by atoms with Crippen LogP contribution in [0, 0.1) is 72.6 Å².